The molecule has 0 atom stereocenters. The van der Waals surface area contributed by atoms with Crippen LogP contribution in [0.3, 0.4) is 0 Å². The quantitative estimate of drug-likeness (QED) is 0.689. The van der Waals surface area contributed by atoms with E-state index in [0.29, 0.717) is 5.75 Å². The van der Waals surface area contributed by atoms with E-state index in [1.165, 1.54) is 5.57 Å². The number of hydrogen-bond donors (Lipinski definition) is 1. The fraction of sp³-hybridized carbons (Fsp3) is 0.467. The average Bonchev–Trinajstić information content (AvgIpc) is 2.35. The van der Waals surface area contributed by atoms with Gasteiger partial charge >= 0.3 is 0 Å². The molecule has 1 heterocycles. The molecule has 2 heteroatoms. The van der Waals surface area contributed by atoms with E-state index in [-0.39, 0.29) is 0 Å². The number of benzene rings is 1. The number of ether oxygens (including phenoxy) is 1. The van der Waals surface area contributed by atoms with Crippen molar-refractivity contribution in [2.24, 2.45) is 0 Å². The Labute approximate surface area is 103 Å². The third-order valence-electron chi connectivity index (χ3n) is 3.16. The van der Waals surface area contributed by atoms with Gasteiger partial charge in [0.25, 0.3) is 0 Å². The lowest BCUT2D eigenvalue weighted by atomic mass is 10.1. The Bertz CT molecular complexity index is 407. The zero-order valence-electron chi connectivity index (χ0n) is 10.4. The van der Waals surface area contributed by atoms with Gasteiger partial charge in [0, 0.05) is 0 Å². The van der Waals surface area contributed by atoms with E-state index in [2.05, 4.69) is 13.0 Å². The van der Waals surface area contributed by atoms with E-state index in [4.69, 9.17) is 4.74 Å². The summed E-state index contributed by atoms with van der Waals surface area (Å²) in [5.74, 6) is 1.26. The van der Waals surface area contributed by atoms with Gasteiger partial charge in [-0.25, -0.2) is 0 Å². The monoisotopic (exact) mass is 232 g/mol. The molecule has 92 valence electrons. The van der Waals surface area contributed by atoms with Gasteiger partial charge in [-0.2, -0.15) is 0 Å². The minimum Gasteiger partial charge on any atom is -0.508 e. The van der Waals surface area contributed by atoms with Crippen LogP contribution in [0.4, 0.5) is 0 Å². The summed E-state index contributed by atoms with van der Waals surface area (Å²) in [4.78, 5) is 0. The second-order valence-corrected chi connectivity index (χ2v) is 4.69. The van der Waals surface area contributed by atoms with E-state index in [1.54, 1.807) is 6.07 Å². The fourth-order valence-electron chi connectivity index (χ4n) is 2.18. The van der Waals surface area contributed by atoms with Gasteiger partial charge in [0.05, 0.1) is 6.61 Å². The molecule has 1 N–H and O–H groups in total. The molecule has 1 aromatic carbocycles. The van der Waals surface area contributed by atoms with Crippen LogP contribution in [0.5, 0.6) is 11.5 Å². The molecule has 0 spiro atoms. The predicted octanol–water partition coefficient (Wildman–Crippen LogP) is 3.83. The Kier molecular flexibility index (Phi) is 4.08. The maximum absolute atomic E-state index is 9.51. The van der Waals surface area contributed by atoms with Crippen LogP contribution in [0, 0.1) is 0 Å². The number of phenols is 1. The highest BCUT2D eigenvalue weighted by atomic mass is 16.5. The van der Waals surface area contributed by atoms with Crippen LogP contribution >= 0.6 is 0 Å². The summed E-state index contributed by atoms with van der Waals surface area (Å²) in [6.45, 7) is 2.94. The van der Waals surface area contributed by atoms with Crippen LogP contribution < -0.4 is 4.74 Å². The summed E-state index contributed by atoms with van der Waals surface area (Å²) >= 11 is 0. The number of fused-ring (bicyclic) bond motifs is 1. The van der Waals surface area contributed by atoms with Crippen LogP contribution in [0.1, 0.15) is 38.2 Å². The van der Waals surface area contributed by atoms with Gasteiger partial charge in [0.2, 0.25) is 0 Å². The van der Waals surface area contributed by atoms with Gasteiger partial charge in [0.1, 0.15) is 11.5 Å². The number of phenolic OH excluding ortho intramolecular Hbond substituents is 1. The standard InChI is InChI=1S/C15H20O2/c1-12-5-2-3-7-13-11-14(16)8-9-15(13)17-10-4-6-12/h5,8-9,11,16H,2-4,6-7,10H2,1H3/b12-5-. The molecule has 1 aliphatic rings. The van der Waals surface area contributed by atoms with Crippen molar-refractivity contribution in [1.82, 2.24) is 0 Å². The first-order chi connectivity index (χ1) is 8.25. The van der Waals surface area contributed by atoms with E-state index in [9.17, 15) is 5.11 Å². The Hall–Kier alpha value is -1.44. The summed E-state index contributed by atoms with van der Waals surface area (Å²) in [6.07, 6.45) is 7.69. The molecule has 0 amide bonds. The lowest BCUT2D eigenvalue weighted by Crippen LogP contribution is -2.00. The van der Waals surface area contributed by atoms with Crippen molar-refractivity contribution in [3.8, 4) is 11.5 Å². The van der Waals surface area contributed by atoms with Crippen LogP contribution in [0.2, 0.25) is 0 Å². The van der Waals surface area contributed by atoms with Crippen LogP contribution in [-0.4, -0.2) is 11.7 Å². The summed E-state index contributed by atoms with van der Waals surface area (Å²) in [7, 11) is 0. The molecule has 0 bridgehead atoms. The van der Waals surface area contributed by atoms with Crippen molar-refractivity contribution in [3.63, 3.8) is 0 Å². The minimum absolute atomic E-state index is 0.328. The molecule has 0 aliphatic carbocycles. The lowest BCUT2D eigenvalue weighted by Gasteiger charge is -2.11. The molecule has 0 fully saturated rings. The summed E-state index contributed by atoms with van der Waals surface area (Å²) in [6, 6.07) is 5.40. The topological polar surface area (TPSA) is 29.5 Å². The van der Waals surface area contributed by atoms with Crippen molar-refractivity contribution < 1.29 is 9.84 Å². The van der Waals surface area contributed by atoms with E-state index in [1.807, 2.05) is 12.1 Å². The molecule has 2 rings (SSSR count). The summed E-state index contributed by atoms with van der Waals surface area (Å²) < 4.78 is 5.78. The summed E-state index contributed by atoms with van der Waals surface area (Å²) in [5.41, 5.74) is 2.58. The first kappa shape index (κ1) is 12.0. The first-order valence-electron chi connectivity index (χ1n) is 6.36. The number of allylic oxidation sites excluding steroid dienone is 2. The van der Waals surface area contributed by atoms with E-state index in [0.717, 1.165) is 50.0 Å². The van der Waals surface area contributed by atoms with E-state index >= 15 is 0 Å². The first-order valence-corrected chi connectivity index (χ1v) is 6.36. The zero-order valence-corrected chi connectivity index (χ0v) is 10.4. The number of rotatable bonds is 0. The van der Waals surface area contributed by atoms with Gasteiger partial charge in [-0.3, -0.25) is 0 Å². The Balaban J connectivity index is 2.14. The molecule has 0 unspecified atom stereocenters. The van der Waals surface area contributed by atoms with Gasteiger partial charge in [-0.05, 0) is 62.8 Å². The van der Waals surface area contributed by atoms with Crippen molar-refractivity contribution in [2.75, 3.05) is 6.61 Å². The van der Waals surface area contributed by atoms with Gasteiger partial charge < -0.3 is 9.84 Å². The molecule has 1 aromatic rings. The molecular weight excluding hydrogens is 212 g/mol. The lowest BCUT2D eigenvalue weighted by molar-refractivity contribution is 0.307. The highest BCUT2D eigenvalue weighted by Gasteiger charge is 2.06. The molecule has 0 saturated carbocycles. The molecule has 17 heavy (non-hydrogen) atoms. The molecule has 0 aromatic heterocycles. The average molecular weight is 232 g/mol. The van der Waals surface area contributed by atoms with Crippen LogP contribution in [-0.2, 0) is 6.42 Å². The van der Waals surface area contributed by atoms with E-state index < -0.39 is 0 Å². The highest BCUT2D eigenvalue weighted by Crippen LogP contribution is 2.26. The zero-order chi connectivity index (χ0) is 12.1. The fourth-order valence-corrected chi connectivity index (χ4v) is 2.18. The Morgan fingerprint density at radius 1 is 1.18 bits per heavy atom. The third kappa shape index (κ3) is 3.52. The Morgan fingerprint density at radius 2 is 2.06 bits per heavy atom. The molecule has 2 nitrogen and oxygen atoms in total. The highest BCUT2D eigenvalue weighted by molar-refractivity contribution is 5.39. The SMILES string of the molecule is C/C1=C/CCCc2cc(O)ccc2OCCC1. The van der Waals surface area contributed by atoms with Gasteiger partial charge in [0.15, 0.2) is 0 Å². The number of hydrogen-bond acceptors (Lipinski definition) is 2. The number of aryl methyl sites for hydroxylation is 1. The molecule has 0 radical (unpaired) electrons. The second kappa shape index (κ2) is 5.76. The Morgan fingerprint density at radius 3 is 2.94 bits per heavy atom. The minimum atomic E-state index is 0.328. The third-order valence-corrected chi connectivity index (χ3v) is 3.16. The molecule has 0 saturated heterocycles. The smallest absolute Gasteiger partial charge is 0.122 e. The van der Waals surface area contributed by atoms with Crippen molar-refractivity contribution in [3.05, 3.63) is 35.4 Å². The van der Waals surface area contributed by atoms with Crippen LogP contribution in [0.15, 0.2) is 29.8 Å². The van der Waals surface area contributed by atoms with Crippen LogP contribution in [0.25, 0.3) is 0 Å². The summed E-state index contributed by atoms with van der Waals surface area (Å²) in [5, 5.41) is 9.51. The largest absolute Gasteiger partial charge is 0.508 e. The maximum Gasteiger partial charge on any atom is 0.122 e. The predicted molar refractivity (Wildman–Crippen MR) is 69.5 cm³/mol. The van der Waals surface area contributed by atoms with Crippen molar-refractivity contribution >= 4 is 0 Å². The normalized spacial score (nSPS) is 20.4. The van der Waals surface area contributed by atoms with Crippen molar-refractivity contribution in [1.29, 1.82) is 0 Å². The van der Waals surface area contributed by atoms with Gasteiger partial charge in [-0.1, -0.05) is 11.6 Å². The van der Waals surface area contributed by atoms with Gasteiger partial charge in [-0.15, -0.1) is 0 Å². The second-order valence-electron chi connectivity index (χ2n) is 4.69. The molecule has 1 aliphatic heterocycles. The maximum atomic E-state index is 9.51. The van der Waals surface area contributed by atoms with Crippen molar-refractivity contribution in [2.45, 2.75) is 39.0 Å². The number of aromatic hydroxyl groups is 1. The molecular formula is C15H20O2.